The van der Waals surface area contributed by atoms with Crippen LogP contribution in [0.3, 0.4) is 0 Å². The fourth-order valence-electron chi connectivity index (χ4n) is 1.73. The van der Waals surface area contributed by atoms with Crippen LogP contribution in [0.15, 0.2) is 17.2 Å². The first-order chi connectivity index (χ1) is 7.39. The molecule has 0 amide bonds. The van der Waals surface area contributed by atoms with Gasteiger partial charge in [-0.05, 0) is 13.8 Å². The molecule has 17 heavy (non-hydrogen) atoms. The van der Waals surface area contributed by atoms with Crippen molar-refractivity contribution in [2.45, 2.75) is 24.3 Å². The number of hydrogen-bond donors (Lipinski definition) is 1. The molecule has 0 aromatic carbocycles. The van der Waals surface area contributed by atoms with Crippen molar-refractivity contribution in [1.29, 1.82) is 0 Å². The maximum Gasteiger partial charge on any atom is 1.00 e. The van der Waals surface area contributed by atoms with Crippen LogP contribution < -0.4 is 34.5 Å². The monoisotopic (exact) mass is 280 g/mol. The minimum absolute atomic E-state index is 0. The normalized spacial score (nSPS) is 16.4. The molecule has 0 bridgehead atoms. The maximum absolute atomic E-state index is 9.83. The Morgan fingerprint density at radius 3 is 2.65 bits per heavy atom. The summed E-state index contributed by atoms with van der Waals surface area (Å²) in [4.78, 5) is 6.89. The minimum atomic E-state index is -0.644. The number of hydrogen-bond acceptors (Lipinski definition) is 4. The van der Waals surface area contributed by atoms with Gasteiger partial charge in [0.2, 0.25) is 0 Å². The summed E-state index contributed by atoms with van der Waals surface area (Å²) in [6.45, 7) is 5.20. The third kappa shape index (κ3) is 3.25. The smallest absolute Gasteiger partial charge is 0.778 e. The molecular formula is C11H14ClN2NaOS. The van der Waals surface area contributed by atoms with Gasteiger partial charge in [-0.2, -0.15) is 4.90 Å². The Kier molecular flexibility index (Phi) is 5.09. The molecule has 0 radical (unpaired) electrons. The van der Waals surface area contributed by atoms with Crippen molar-refractivity contribution in [3.63, 3.8) is 0 Å². The number of anilines is 1. The zero-order valence-corrected chi connectivity index (χ0v) is 13.8. The third-order valence-electron chi connectivity index (χ3n) is 3.02. The molecule has 88 valence electrons. The summed E-state index contributed by atoms with van der Waals surface area (Å²) in [5.74, 6) is 0.994. The van der Waals surface area contributed by atoms with Crippen LogP contribution >= 0.6 is 11.6 Å². The molecule has 3 nitrogen and oxygen atoms in total. The van der Waals surface area contributed by atoms with Gasteiger partial charge < -0.3 is 22.6 Å². The summed E-state index contributed by atoms with van der Waals surface area (Å²) in [5.41, 5.74) is -0.644. The quantitative estimate of drug-likeness (QED) is 0.548. The number of halogens is 1. The van der Waals surface area contributed by atoms with Crippen molar-refractivity contribution >= 4 is 30.0 Å². The Morgan fingerprint density at radius 1 is 1.53 bits per heavy atom. The van der Waals surface area contributed by atoms with E-state index in [4.69, 9.17) is 24.2 Å². The van der Waals surface area contributed by atoms with Crippen LogP contribution in [0.2, 0.25) is 5.02 Å². The molecule has 0 unspecified atom stereocenters. The molecule has 1 N–H and O–H groups in total. The van der Waals surface area contributed by atoms with E-state index < -0.39 is 5.60 Å². The van der Waals surface area contributed by atoms with E-state index >= 15 is 0 Å². The predicted molar refractivity (Wildman–Crippen MR) is 66.9 cm³/mol. The van der Waals surface area contributed by atoms with Gasteiger partial charge in [0, 0.05) is 25.2 Å². The molecule has 0 saturated carbocycles. The topological polar surface area (TPSA) is 36.4 Å². The Balaban J connectivity index is 0.00000144. The molecular weight excluding hydrogens is 267 g/mol. The van der Waals surface area contributed by atoms with Crippen molar-refractivity contribution in [2.75, 3.05) is 18.0 Å². The van der Waals surface area contributed by atoms with E-state index in [1.54, 1.807) is 12.3 Å². The number of aliphatic hydroxyl groups is 1. The van der Waals surface area contributed by atoms with Gasteiger partial charge in [0.05, 0.1) is 10.6 Å². The zero-order chi connectivity index (χ0) is 11.9. The average Bonchev–Trinajstić information content (AvgIpc) is 2.07. The molecule has 0 spiro atoms. The molecule has 1 aromatic heterocycles. The van der Waals surface area contributed by atoms with Crippen LogP contribution in [0, 0.1) is 5.92 Å². The van der Waals surface area contributed by atoms with Gasteiger partial charge in [0.1, 0.15) is 5.82 Å². The fourth-order valence-corrected chi connectivity index (χ4v) is 2.12. The fraction of sp³-hybridized carbons (Fsp3) is 0.545. The second kappa shape index (κ2) is 5.59. The molecule has 0 atom stereocenters. The standard InChI is InChI=1S/C11H15ClN2OS.Na/c1-11(2,15)7-5-14(6-7)10-9(12)8(16)3-4-13-10;/h3-4,7,15H,5-6H2,1-2H3,(H,13,16);/q;+1/p-1. The zero-order valence-electron chi connectivity index (χ0n) is 10.3. The van der Waals surface area contributed by atoms with Crippen LogP contribution in [0.5, 0.6) is 0 Å². The second-order valence-corrected chi connectivity index (χ2v) is 5.52. The van der Waals surface area contributed by atoms with Gasteiger partial charge in [-0.3, -0.25) is 0 Å². The summed E-state index contributed by atoms with van der Waals surface area (Å²) < 4.78 is 0. The maximum atomic E-state index is 9.83. The van der Waals surface area contributed by atoms with Gasteiger partial charge in [0.25, 0.3) is 0 Å². The molecule has 1 fully saturated rings. The van der Waals surface area contributed by atoms with Crippen molar-refractivity contribution in [2.24, 2.45) is 5.92 Å². The molecule has 2 heterocycles. The first kappa shape index (κ1) is 15.5. The van der Waals surface area contributed by atoms with Crippen molar-refractivity contribution in [3.05, 3.63) is 17.3 Å². The summed E-state index contributed by atoms with van der Waals surface area (Å²) in [6, 6.07) is 1.72. The van der Waals surface area contributed by atoms with E-state index in [9.17, 15) is 5.11 Å². The Morgan fingerprint density at radius 2 is 2.12 bits per heavy atom. The number of nitrogens with zero attached hydrogens (tertiary/aromatic N) is 2. The molecule has 6 heteroatoms. The van der Waals surface area contributed by atoms with Crippen molar-refractivity contribution in [3.8, 4) is 0 Å². The molecule has 1 saturated heterocycles. The summed E-state index contributed by atoms with van der Waals surface area (Å²) in [6.07, 6.45) is 1.67. The van der Waals surface area contributed by atoms with E-state index in [-0.39, 0.29) is 35.5 Å². The van der Waals surface area contributed by atoms with Gasteiger partial charge in [-0.25, -0.2) is 4.98 Å². The van der Waals surface area contributed by atoms with Gasteiger partial charge in [0.15, 0.2) is 0 Å². The van der Waals surface area contributed by atoms with Crippen LogP contribution in [0.25, 0.3) is 0 Å². The number of aromatic nitrogens is 1. The van der Waals surface area contributed by atoms with Gasteiger partial charge in [-0.15, -0.1) is 0 Å². The van der Waals surface area contributed by atoms with Crippen LogP contribution in [-0.4, -0.2) is 28.8 Å². The summed E-state index contributed by atoms with van der Waals surface area (Å²) in [5, 5.41) is 10.4. The first-order valence-electron chi connectivity index (χ1n) is 5.18. The largest absolute Gasteiger partial charge is 1.00 e. The Bertz CT molecular complexity index is 405. The first-order valence-corrected chi connectivity index (χ1v) is 5.97. The van der Waals surface area contributed by atoms with Gasteiger partial charge in [-0.1, -0.05) is 17.7 Å². The SMILES string of the molecule is CC(C)(O)C1CN(c2nccc([S-])c2Cl)C1.[Na+]. The van der Waals surface area contributed by atoms with Crippen molar-refractivity contribution in [1.82, 2.24) is 4.98 Å². The van der Waals surface area contributed by atoms with Gasteiger partial charge >= 0.3 is 29.6 Å². The summed E-state index contributed by atoms with van der Waals surface area (Å²) in [7, 11) is 0. The van der Waals surface area contributed by atoms with E-state index in [1.165, 1.54) is 0 Å². The van der Waals surface area contributed by atoms with E-state index in [0.29, 0.717) is 9.92 Å². The number of pyridine rings is 1. The molecule has 1 aromatic rings. The molecule has 0 aliphatic carbocycles. The van der Waals surface area contributed by atoms with Crippen molar-refractivity contribution < 1.29 is 34.7 Å². The van der Waals surface area contributed by atoms with Crippen LogP contribution in [0.4, 0.5) is 5.82 Å². The van der Waals surface area contributed by atoms with E-state index in [2.05, 4.69) is 4.98 Å². The second-order valence-electron chi connectivity index (χ2n) is 4.70. The van der Waals surface area contributed by atoms with E-state index in [1.807, 2.05) is 18.7 Å². The van der Waals surface area contributed by atoms with Crippen LogP contribution in [0.1, 0.15) is 13.8 Å². The average molecular weight is 281 g/mol. The third-order valence-corrected chi connectivity index (χ3v) is 3.84. The Hall–Kier alpha value is 0.420. The number of rotatable bonds is 2. The van der Waals surface area contributed by atoms with E-state index in [0.717, 1.165) is 18.9 Å². The molecule has 2 rings (SSSR count). The molecule has 1 aliphatic rings. The summed E-state index contributed by atoms with van der Waals surface area (Å²) >= 11 is 11.2. The predicted octanol–water partition coefficient (Wildman–Crippen LogP) is -1.15. The Labute approximate surface area is 134 Å². The van der Waals surface area contributed by atoms with Crippen LogP contribution in [-0.2, 0) is 12.6 Å². The minimum Gasteiger partial charge on any atom is -0.778 e. The molecule has 1 aliphatic heterocycles.